The summed E-state index contributed by atoms with van der Waals surface area (Å²) in [5.41, 5.74) is 1.67. The Morgan fingerprint density at radius 2 is 2.00 bits per heavy atom. The summed E-state index contributed by atoms with van der Waals surface area (Å²) in [6.07, 6.45) is 0. The van der Waals surface area contributed by atoms with Gasteiger partial charge in [-0.1, -0.05) is 5.21 Å². The van der Waals surface area contributed by atoms with Crippen molar-refractivity contribution < 1.29 is 0 Å². The number of H-pyrrole nitrogens is 1. The Balaban J connectivity index is 2.02. The van der Waals surface area contributed by atoms with Crippen LogP contribution in [0.5, 0.6) is 0 Å². The van der Waals surface area contributed by atoms with Crippen molar-refractivity contribution in [3.63, 3.8) is 0 Å². The van der Waals surface area contributed by atoms with E-state index in [1.54, 1.807) is 0 Å². The maximum atomic E-state index is 4.20. The highest BCUT2D eigenvalue weighted by molar-refractivity contribution is 5.24. The van der Waals surface area contributed by atoms with Gasteiger partial charge in [0.1, 0.15) is 0 Å². The number of hydrogen-bond donors (Lipinski definition) is 2. The van der Waals surface area contributed by atoms with E-state index in [9.17, 15) is 0 Å². The summed E-state index contributed by atoms with van der Waals surface area (Å²) >= 11 is 0. The highest BCUT2D eigenvalue weighted by Gasteiger charge is 2.02. The molecule has 0 amide bonds. The van der Waals surface area contributed by atoms with Gasteiger partial charge in [0.2, 0.25) is 5.95 Å². The molecule has 0 saturated heterocycles. The molecule has 2 N–H and O–H groups in total. The molecule has 0 fully saturated rings. The molecule has 8 nitrogen and oxygen atoms in total. The van der Waals surface area contributed by atoms with Crippen molar-refractivity contribution in [3.8, 4) is 0 Å². The van der Waals surface area contributed by atoms with E-state index >= 15 is 0 Å². The van der Waals surface area contributed by atoms with Crippen molar-refractivity contribution in [3.05, 3.63) is 17.2 Å². The van der Waals surface area contributed by atoms with Crippen LogP contribution in [-0.2, 0) is 6.54 Å². The Bertz CT molecular complexity index is 436. The van der Waals surface area contributed by atoms with Gasteiger partial charge in [0.05, 0.1) is 17.9 Å². The van der Waals surface area contributed by atoms with E-state index in [1.165, 1.54) is 0 Å². The molecule has 2 heterocycles. The molecule has 0 unspecified atom stereocenters. The van der Waals surface area contributed by atoms with Gasteiger partial charge in [-0.3, -0.25) is 0 Å². The minimum Gasteiger partial charge on any atom is -0.345 e. The third-order valence-corrected chi connectivity index (χ3v) is 1.89. The lowest BCUT2D eigenvalue weighted by atomic mass is 10.4. The molecule has 0 saturated carbocycles. The number of tetrazole rings is 1. The summed E-state index contributed by atoms with van der Waals surface area (Å²) < 4.78 is 0. The zero-order valence-corrected chi connectivity index (χ0v) is 8.39. The van der Waals surface area contributed by atoms with Crippen LogP contribution in [0.2, 0.25) is 0 Å². The van der Waals surface area contributed by atoms with Crippen molar-refractivity contribution >= 4 is 5.95 Å². The number of aromatic amines is 1. The van der Waals surface area contributed by atoms with Crippen LogP contribution >= 0.6 is 0 Å². The Morgan fingerprint density at radius 1 is 1.13 bits per heavy atom. The van der Waals surface area contributed by atoms with E-state index in [0.29, 0.717) is 18.3 Å². The molecule has 0 atom stereocenters. The summed E-state index contributed by atoms with van der Waals surface area (Å²) in [6.45, 7) is 4.16. The molecule has 0 radical (unpaired) electrons. The van der Waals surface area contributed by atoms with Crippen LogP contribution in [0, 0.1) is 13.8 Å². The lowest BCUT2D eigenvalue weighted by molar-refractivity contribution is 0.868. The monoisotopic (exact) mass is 206 g/mol. The maximum Gasteiger partial charge on any atom is 0.243 e. The molecule has 0 aromatic carbocycles. The number of aromatic nitrogens is 7. The molecule has 0 spiro atoms. The minimum absolute atomic E-state index is 0.417. The first-order chi connectivity index (χ1) is 7.25. The minimum atomic E-state index is 0.417. The fourth-order valence-electron chi connectivity index (χ4n) is 0.947. The molecule has 2 aromatic rings. The van der Waals surface area contributed by atoms with Crippen LogP contribution in [0.15, 0.2) is 0 Å². The quantitative estimate of drug-likeness (QED) is 0.704. The lowest BCUT2D eigenvalue weighted by Crippen LogP contribution is -2.08. The van der Waals surface area contributed by atoms with Crippen molar-refractivity contribution in [1.29, 1.82) is 0 Å². The Hall–Kier alpha value is -2.12. The van der Waals surface area contributed by atoms with E-state index < -0.39 is 0 Å². The van der Waals surface area contributed by atoms with Gasteiger partial charge < -0.3 is 5.32 Å². The number of rotatable bonds is 3. The zero-order chi connectivity index (χ0) is 10.7. The van der Waals surface area contributed by atoms with Gasteiger partial charge >= 0.3 is 0 Å². The van der Waals surface area contributed by atoms with Crippen LogP contribution in [0.25, 0.3) is 0 Å². The maximum absolute atomic E-state index is 4.20. The fourth-order valence-corrected chi connectivity index (χ4v) is 0.947. The second-order valence-corrected chi connectivity index (χ2v) is 2.99. The first kappa shape index (κ1) is 9.44. The number of aryl methyl sites for hydroxylation is 2. The zero-order valence-electron chi connectivity index (χ0n) is 8.39. The molecule has 0 bridgehead atoms. The standard InChI is InChI=1S/C7H10N8/c1-4-5(2)10-13-7(9-4)8-3-6-11-14-15-12-6/h3H2,1-2H3,(H,8,9,13)(H,11,12,14,15). The largest absolute Gasteiger partial charge is 0.345 e. The van der Waals surface area contributed by atoms with E-state index in [4.69, 9.17) is 0 Å². The third kappa shape index (κ3) is 2.22. The van der Waals surface area contributed by atoms with Crippen LogP contribution in [-0.4, -0.2) is 35.8 Å². The van der Waals surface area contributed by atoms with Gasteiger partial charge in [-0.15, -0.1) is 15.3 Å². The average molecular weight is 206 g/mol. The smallest absolute Gasteiger partial charge is 0.243 e. The topological polar surface area (TPSA) is 105 Å². The Kier molecular flexibility index (Phi) is 2.48. The van der Waals surface area contributed by atoms with Gasteiger partial charge in [0.15, 0.2) is 5.82 Å². The average Bonchev–Trinajstić information content (AvgIpc) is 2.73. The highest BCUT2D eigenvalue weighted by atomic mass is 15.5. The molecular weight excluding hydrogens is 196 g/mol. The van der Waals surface area contributed by atoms with E-state index in [-0.39, 0.29) is 0 Å². The lowest BCUT2D eigenvalue weighted by Gasteiger charge is -2.02. The van der Waals surface area contributed by atoms with E-state index in [2.05, 4.69) is 41.1 Å². The van der Waals surface area contributed by atoms with Crippen LogP contribution in [0.1, 0.15) is 17.2 Å². The predicted octanol–water partition coefficient (Wildman–Crippen LogP) is -0.386. The summed E-state index contributed by atoms with van der Waals surface area (Å²) in [6, 6.07) is 0. The predicted molar refractivity (Wildman–Crippen MR) is 50.8 cm³/mol. The summed E-state index contributed by atoms with van der Waals surface area (Å²) in [5, 5.41) is 24.1. The normalized spacial score (nSPS) is 10.3. The van der Waals surface area contributed by atoms with Crippen LogP contribution in [0.3, 0.4) is 0 Å². The highest BCUT2D eigenvalue weighted by Crippen LogP contribution is 2.02. The number of nitrogens with one attached hydrogen (secondary N) is 2. The van der Waals surface area contributed by atoms with Gasteiger partial charge in [-0.05, 0) is 13.8 Å². The van der Waals surface area contributed by atoms with Crippen molar-refractivity contribution in [2.75, 3.05) is 5.32 Å². The van der Waals surface area contributed by atoms with E-state index in [1.807, 2.05) is 13.8 Å². The first-order valence-corrected chi connectivity index (χ1v) is 4.40. The van der Waals surface area contributed by atoms with Crippen LogP contribution < -0.4 is 5.32 Å². The van der Waals surface area contributed by atoms with Gasteiger partial charge in [-0.2, -0.15) is 10.3 Å². The molecule has 15 heavy (non-hydrogen) atoms. The number of anilines is 1. The molecule has 2 aromatic heterocycles. The molecule has 8 heteroatoms. The SMILES string of the molecule is Cc1nnc(NCc2nn[nH]n2)nc1C. The van der Waals surface area contributed by atoms with Gasteiger partial charge in [0.25, 0.3) is 0 Å². The Labute approximate surface area is 85.5 Å². The molecule has 0 aliphatic heterocycles. The number of nitrogens with zero attached hydrogens (tertiary/aromatic N) is 6. The van der Waals surface area contributed by atoms with Crippen molar-refractivity contribution in [1.82, 2.24) is 35.8 Å². The Morgan fingerprint density at radius 3 is 2.67 bits per heavy atom. The van der Waals surface area contributed by atoms with Crippen molar-refractivity contribution in [2.45, 2.75) is 20.4 Å². The fraction of sp³-hybridized carbons (Fsp3) is 0.429. The second-order valence-electron chi connectivity index (χ2n) is 2.99. The third-order valence-electron chi connectivity index (χ3n) is 1.89. The molecule has 0 aliphatic carbocycles. The summed E-state index contributed by atoms with van der Waals surface area (Å²) in [4.78, 5) is 4.20. The summed E-state index contributed by atoms with van der Waals surface area (Å²) in [7, 11) is 0. The van der Waals surface area contributed by atoms with Crippen molar-refractivity contribution in [2.24, 2.45) is 0 Å². The molecule has 2 rings (SSSR count). The molecule has 0 aliphatic rings. The van der Waals surface area contributed by atoms with Crippen LogP contribution in [0.4, 0.5) is 5.95 Å². The second kappa shape index (κ2) is 3.95. The molecular formula is C7H10N8. The summed E-state index contributed by atoms with van der Waals surface area (Å²) in [5.74, 6) is 1.01. The van der Waals surface area contributed by atoms with Gasteiger partial charge in [-0.25, -0.2) is 4.98 Å². The first-order valence-electron chi connectivity index (χ1n) is 4.40. The number of hydrogen-bond acceptors (Lipinski definition) is 7. The molecule has 78 valence electrons. The van der Waals surface area contributed by atoms with Gasteiger partial charge in [0, 0.05) is 0 Å². The van der Waals surface area contributed by atoms with E-state index in [0.717, 1.165) is 11.4 Å².